The number of carboxylic acids is 1. The summed E-state index contributed by atoms with van der Waals surface area (Å²) in [6, 6.07) is 2.83. The van der Waals surface area contributed by atoms with Crippen LogP contribution in [0, 0.1) is 0 Å². The Labute approximate surface area is 80.3 Å². The van der Waals surface area contributed by atoms with Crippen LogP contribution in [-0.4, -0.2) is 29.5 Å². The number of aromatic nitrogens is 1. The van der Waals surface area contributed by atoms with E-state index < -0.39 is 12.1 Å². The van der Waals surface area contributed by atoms with Crippen molar-refractivity contribution in [3.63, 3.8) is 0 Å². The van der Waals surface area contributed by atoms with Crippen LogP contribution in [0.4, 0.5) is 0 Å². The number of pyridine rings is 1. The molecule has 1 rings (SSSR count). The third-order valence-electron chi connectivity index (χ3n) is 1.70. The van der Waals surface area contributed by atoms with Gasteiger partial charge in [-0.1, -0.05) is 0 Å². The maximum atomic E-state index is 10.5. The first kappa shape index (κ1) is 10.3. The number of aromatic carboxylic acids is 1. The summed E-state index contributed by atoms with van der Waals surface area (Å²) < 4.78 is 4.81. The van der Waals surface area contributed by atoms with E-state index in [-0.39, 0.29) is 5.56 Å². The van der Waals surface area contributed by atoms with Crippen molar-refractivity contribution in [3.8, 4) is 0 Å². The van der Waals surface area contributed by atoms with Crippen LogP contribution in [0.25, 0.3) is 0 Å². The molecule has 0 amide bonds. The number of carbonyl (C=O) groups is 2. The molecule has 74 valence electrons. The lowest BCUT2D eigenvalue weighted by Gasteiger charge is -2.06. The predicted octanol–water partition coefficient (Wildman–Crippen LogP) is 0.666. The lowest BCUT2D eigenvalue weighted by atomic mass is 10.2. The van der Waals surface area contributed by atoms with E-state index in [4.69, 9.17) is 9.84 Å². The maximum absolute atomic E-state index is 10.5. The molecule has 1 atom stereocenters. The van der Waals surface area contributed by atoms with Gasteiger partial charge in [0.15, 0.2) is 12.4 Å². The largest absolute Gasteiger partial charge is 0.478 e. The lowest BCUT2D eigenvalue weighted by Crippen LogP contribution is -2.06. The first-order valence-electron chi connectivity index (χ1n) is 3.86. The SMILES string of the molecule is COC(C=O)c1ccc(C(=O)O)cn1. The van der Waals surface area contributed by atoms with E-state index in [0.717, 1.165) is 0 Å². The molecule has 5 heteroatoms. The third-order valence-corrected chi connectivity index (χ3v) is 1.70. The van der Waals surface area contributed by atoms with E-state index in [0.29, 0.717) is 12.0 Å². The number of hydrogen-bond donors (Lipinski definition) is 1. The molecule has 1 aromatic heterocycles. The smallest absolute Gasteiger partial charge is 0.337 e. The van der Waals surface area contributed by atoms with Gasteiger partial charge in [0.1, 0.15) is 0 Å². The van der Waals surface area contributed by atoms with Crippen LogP contribution in [0.3, 0.4) is 0 Å². The molecule has 1 N–H and O–H groups in total. The molecule has 0 aliphatic carbocycles. The summed E-state index contributed by atoms with van der Waals surface area (Å²) in [7, 11) is 1.38. The van der Waals surface area contributed by atoms with Crippen molar-refractivity contribution in [2.75, 3.05) is 7.11 Å². The van der Waals surface area contributed by atoms with Gasteiger partial charge >= 0.3 is 5.97 Å². The molecular weight excluding hydrogens is 186 g/mol. The third kappa shape index (κ3) is 2.14. The first-order valence-corrected chi connectivity index (χ1v) is 3.86. The van der Waals surface area contributed by atoms with Gasteiger partial charge in [-0.15, -0.1) is 0 Å². The summed E-state index contributed by atoms with van der Waals surface area (Å²) in [5, 5.41) is 8.59. The molecule has 5 nitrogen and oxygen atoms in total. The van der Waals surface area contributed by atoms with Gasteiger partial charge in [-0.3, -0.25) is 4.98 Å². The molecule has 0 saturated heterocycles. The summed E-state index contributed by atoms with van der Waals surface area (Å²) in [6.07, 6.45) is 1.05. The zero-order valence-electron chi connectivity index (χ0n) is 7.51. The van der Waals surface area contributed by atoms with Gasteiger partial charge in [0.25, 0.3) is 0 Å². The second kappa shape index (κ2) is 4.48. The Hall–Kier alpha value is -1.75. The van der Waals surface area contributed by atoms with Crippen molar-refractivity contribution in [1.29, 1.82) is 0 Å². The molecule has 0 aliphatic heterocycles. The zero-order valence-corrected chi connectivity index (χ0v) is 7.51. The number of nitrogens with zero attached hydrogens (tertiary/aromatic N) is 1. The second-order valence-corrected chi connectivity index (χ2v) is 2.57. The number of hydrogen-bond acceptors (Lipinski definition) is 4. The molecule has 0 aliphatic rings. The van der Waals surface area contributed by atoms with Crippen LogP contribution in [0.5, 0.6) is 0 Å². The average molecular weight is 195 g/mol. The zero-order chi connectivity index (χ0) is 10.6. The summed E-state index contributed by atoms with van der Waals surface area (Å²) in [4.78, 5) is 24.8. The first-order chi connectivity index (χ1) is 6.69. The molecule has 0 fully saturated rings. The van der Waals surface area contributed by atoms with E-state index in [9.17, 15) is 9.59 Å². The number of ether oxygens (including phenoxy) is 1. The van der Waals surface area contributed by atoms with Crippen LogP contribution in [-0.2, 0) is 9.53 Å². The van der Waals surface area contributed by atoms with Gasteiger partial charge in [-0.05, 0) is 12.1 Å². The molecule has 14 heavy (non-hydrogen) atoms. The minimum absolute atomic E-state index is 0.0782. The lowest BCUT2D eigenvalue weighted by molar-refractivity contribution is -0.116. The summed E-state index contributed by atoms with van der Waals surface area (Å²) >= 11 is 0. The van der Waals surface area contributed by atoms with Crippen molar-refractivity contribution >= 4 is 12.3 Å². The number of rotatable bonds is 4. The Balaban J connectivity index is 2.92. The number of carbonyl (C=O) groups excluding carboxylic acids is 1. The van der Waals surface area contributed by atoms with Crippen molar-refractivity contribution < 1.29 is 19.4 Å². The molecule has 1 aromatic rings. The van der Waals surface area contributed by atoms with E-state index in [1.807, 2.05) is 0 Å². The fraction of sp³-hybridized carbons (Fsp3) is 0.222. The van der Waals surface area contributed by atoms with Crippen LogP contribution >= 0.6 is 0 Å². The standard InChI is InChI=1S/C9H9NO4/c1-14-8(5-11)7-3-2-6(4-10-7)9(12)13/h2-5,8H,1H3,(H,12,13). The van der Waals surface area contributed by atoms with Gasteiger partial charge in [0.05, 0.1) is 11.3 Å². The minimum Gasteiger partial charge on any atom is -0.478 e. The van der Waals surface area contributed by atoms with Gasteiger partial charge in [0, 0.05) is 13.3 Å². The fourth-order valence-corrected chi connectivity index (χ4v) is 0.946. The predicted molar refractivity (Wildman–Crippen MR) is 47.0 cm³/mol. The molecular formula is C9H9NO4. The molecule has 0 saturated carbocycles. The molecule has 0 aromatic carbocycles. The topological polar surface area (TPSA) is 76.5 Å². The molecule has 0 bridgehead atoms. The highest BCUT2D eigenvalue weighted by atomic mass is 16.5. The van der Waals surface area contributed by atoms with Crippen LogP contribution in [0.2, 0.25) is 0 Å². The van der Waals surface area contributed by atoms with E-state index in [1.54, 1.807) is 0 Å². The monoisotopic (exact) mass is 195 g/mol. The Bertz CT molecular complexity index is 333. The molecule has 1 unspecified atom stereocenters. The average Bonchev–Trinajstić information content (AvgIpc) is 2.20. The Morgan fingerprint density at radius 1 is 1.64 bits per heavy atom. The molecule has 1 heterocycles. The van der Waals surface area contributed by atoms with Gasteiger partial charge in [-0.2, -0.15) is 0 Å². The van der Waals surface area contributed by atoms with Gasteiger partial charge < -0.3 is 14.6 Å². The van der Waals surface area contributed by atoms with Crippen molar-refractivity contribution in [2.45, 2.75) is 6.10 Å². The van der Waals surface area contributed by atoms with Crippen molar-refractivity contribution in [1.82, 2.24) is 4.98 Å². The summed E-state index contributed by atoms with van der Waals surface area (Å²) in [6.45, 7) is 0. The highest BCUT2D eigenvalue weighted by Crippen LogP contribution is 2.11. The van der Waals surface area contributed by atoms with E-state index in [1.165, 1.54) is 25.4 Å². The number of aldehydes is 1. The normalized spacial score (nSPS) is 12.1. The Kier molecular flexibility index (Phi) is 3.30. The van der Waals surface area contributed by atoms with Gasteiger partial charge in [0.2, 0.25) is 0 Å². The minimum atomic E-state index is -1.05. The maximum Gasteiger partial charge on any atom is 0.337 e. The Morgan fingerprint density at radius 2 is 2.36 bits per heavy atom. The number of methoxy groups -OCH3 is 1. The second-order valence-electron chi connectivity index (χ2n) is 2.57. The van der Waals surface area contributed by atoms with Crippen molar-refractivity contribution in [3.05, 3.63) is 29.6 Å². The Morgan fingerprint density at radius 3 is 2.71 bits per heavy atom. The summed E-state index contributed by atoms with van der Waals surface area (Å²) in [5.74, 6) is -1.05. The van der Waals surface area contributed by atoms with Crippen LogP contribution < -0.4 is 0 Å². The van der Waals surface area contributed by atoms with Crippen LogP contribution in [0.15, 0.2) is 18.3 Å². The quantitative estimate of drug-likeness (QED) is 0.714. The number of carboxylic acid groups (broad SMARTS) is 1. The van der Waals surface area contributed by atoms with Crippen LogP contribution in [0.1, 0.15) is 22.2 Å². The highest BCUT2D eigenvalue weighted by Gasteiger charge is 2.11. The van der Waals surface area contributed by atoms with E-state index in [2.05, 4.69) is 4.98 Å². The molecule has 0 spiro atoms. The van der Waals surface area contributed by atoms with Crippen molar-refractivity contribution in [2.24, 2.45) is 0 Å². The van der Waals surface area contributed by atoms with Gasteiger partial charge in [-0.25, -0.2) is 4.79 Å². The highest BCUT2D eigenvalue weighted by molar-refractivity contribution is 5.87. The molecule has 0 radical (unpaired) electrons. The van der Waals surface area contributed by atoms with E-state index >= 15 is 0 Å². The fourth-order valence-electron chi connectivity index (χ4n) is 0.946. The summed E-state index contributed by atoms with van der Waals surface area (Å²) in [5.41, 5.74) is 0.474.